The molecule has 0 radical (unpaired) electrons. The van der Waals surface area contributed by atoms with E-state index in [1.165, 1.54) is 6.33 Å². The summed E-state index contributed by atoms with van der Waals surface area (Å²) in [5.74, 6) is -0.0921. The summed E-state index contributed by atoms with van der Waals surface area (Å²) in [6, 6.07) is 5.79. The molecule has 0 aliphatic carbocycles. The van der Waals surface area contributed by atoms with Crippen molar-refractivity contribution in [2.24, 2.45) is 0 Å². The van der Waals surface area contributed by atoms with Gasteiger partial charge >= 0.3 is 5.97 Å². The van der Waals surface area contributed by atoms with Crippen LogP contribution in [0.15, 0.2) is 36.9 Å². The van der Waals surface area contributed by atoms with Crippen LogP contribution in [0.4, 0.5) is 5.82 Å². The molecule has 1 aromatic carbocycles. The monoisotopic (exact) mass is 446 g/mol. The van der Waals surface area contributed by atoms with Crippen LogP contribution in [0.25, 0.3) is 22.0 Å². The predicted octanol–water partition coefficient (Wildman–Crippen LogP) is 4.46. The molecule has 1 aliphatic rings. The lowest BCUT2D eigenvalue weighted by Crippen LogP contribution is -2.34. The summed E-state index contributed by atoms with van der Waals surface area (Å²) in [4.78, 5) is 26.0. The van der Waals surface area contributed by atoms with Crippen LogP contribution in [0.1, 0.15) is 19.3 Å². The Hall–Kier alpha value is -2.48. The third-order valence-corrected chi connectivity index (χ3v) is 5.97. The van der Waals surface area contributed by atoms with E-state index in [0.717, 1.165) is 41.7 Å². The van der Waals surface area contributed by atoms with Crippen LogP contribution in [-0.4, -0.2) is 51.8 Å². The smallest absolute Gasteiger partial charge is 0.305 e. The average molecular weight is 447 g/mol. The number of aromatic nitrogens is 3. The minimum absolute atomic E-state index is 0.00674. The number of anilines is 1. The van der Waals surface area contributed by atoms with Crippen molar-refractivity contribution in [2.75, 3.05) is 24.7 Å². The Balaban J connectivity index is 1.71. The lowest BCUT2D eigenvalue weighted by molar-refractivity contribution is -0.138. The van der Waals surface area contributed by atoms with Gasteiger partial charge in [0.2, 0.25) is 0 Å². The molecule has 0 bridgehead atoms. The van der Waals surface area contributed by atoms with Gasteiger partial charge in [0.15, 0.2) is 0 Å². The van der Waals surface area contributed by atoms with E-state index in [-0.39, 0.29) is 19.1 Å². The van der Waals surface area contributed by atoms with Gasteiger partial charge in [0.1, 0.15) is 12.1 Å². The second-order valence-corrected chi connectivity index (χ2v) is 7.91. The largest absolute Gasteiger partial charge is 0.481 e. The van der Waals surface area contributed by atoms with Crippen LogP contribution in [-0.2, 0) is 9.53 Å². The maximum absolute atomic E-state index is 10.7. The maximum Gasteiger partial charge on any atom is 0.305 e. The molecule has 7 nitrogen and oxygen atoms in total. The SMILES string of the molecule is O=C(O)CCOC[C@@H]1CCCN1c1cc(-c2cncnc2)c2ccc(Cl)c(Cl)c2n1. The molecule has 1 atom stereocenters. The van der Waals surface area contributed by atoms with Crippen LogP contribution < -0.4 is 4.90 Å². The topological polar surface area (TPSA) is 88.4 Å². The van der Waals surface area contributed by atoms with Crippen molar-refractivity contribution in [3.05, 3.63) is 47.0 Å². The molecule has 0 saturated carbocycles. The van der Waals surface area contributed by atoms with Crippen molar-refractivity contribution < 1.29 is 14.6 Å². The summed E-state index contributed by atoms with van der Waals surface area (Å²) in [5, 5.41) is 10.5. The third-order valence-electron chi connectivity index (χ3n) is 5.17. The molecule has 0 spiro atoms. The van der Waals surface area contributed by atoms with E-state index in [2.05, 4.69) is 14.9 Å². The van der Waals surface area contributed by atoms with E-state index >= 15 is 0 Å². The summed E-state index contributed by atoms with van der Waals surface area (Å²) in [7, 11) is 0. The number of benzene rings is 1. The van der Waals surface area contributed by atoms with Gasteiger partial charge in [0.25, 0.3) is 0 Å². The number of carbonyl (C=O) groups is 1. The molecule has 3 aromatic rings. The lowest BCUT2D eigenvalue weighted by Gasteiger charge is -2.27. The molecular weight excluding hydrogens is 427 g/mol. The fourth-order valence-corrected chi connectivity index (χ4v) is 4.09. The van der Waals surface area contributed by atoms with Gasteiger partial charge in [-0.25, -0.2) is 15.0 Å². The highest BCUT2D eigenvalue weighted by atomic mass is 35.5. The fraction of sp³-hybridized carbons (Fsp3) is 0.333. The number of carboxylic acids is 1. The molecule has 3 heterocycles. The number of hydrogen-bond acceptors (Lipinski definition) is 6. The Morgan fingerprint density at radius 1 is 1.27 bits per heavy atom. The van der Waals surface area contributed by atoms with Gasteiger partial charge in [-0.15, -0.1) is 0 Å². The van der Waals surface area contributed by atoms with Crippen molar-refractivity contribution in [3.8, 4) is 11.1 Å². The zero-order valence-corrected chi connectivity index (χ0v) is 17.6. The van der Waals surface area contributed by atoms with E-state index in [4.69, 9.17) is 38.0 Å². The highest BCUT2D eigenvalue weighted by molar-refractivity contribution is 6.45. The molecule has 9 heteroatoms. The number of nitrogens with zero attached hydrogens (tertiary/aromatic N) is 4. The number of aliphatic carboxylic acids is 1. The van der Waals surface area contributed by atoms with Crippen molar-refractivity contribution in [1.29, 1.82) is 0 Å². The highest BCUT2D eigenvalue weighted by Crippen LogP contribution is 2.38. The van der Waals surface area contributed by atoms with Crippen molar-refractivity contribution in [2.45, 2.75) is 25.3 Å². The van der Waals surface area contributed by atoms with Gasteiger partial charge < -0.3 is 14.7 Å². The second-order valence-electron chi connectivity index (χ2n) is 7.12. The number of rotatable bonds is 7. The summed E-state index contributed by atoms with van der Waals surface area (Å²) >= 11 is 12.8. The number of pyridine rings is 1. The number of fused-ring (bicyclic) bond motifs is 1. The summed E-state index contributed by atoms with van der Waals surface area (Å²) in [6.07, 6.45) is 6.93. The van der Waals surface area contributed by atoms with Gasteiger partial charge in [-0.05, 0) is 30.5 Å². The van der Waals surface area contributed by atoms with Gasteiger partial charge in [-0.1, -0.05) is 29.3 Å². The zero-order valence-electron chi connectivity index (χ0n) is 16.1. The standard InChI is InChI=1S/C21H20Cl2N4O3/c22-17-4-3-15-16(13-9-24-12-25-10-13)8-18(26-21(15)20(17)23)27-6-1-2-14(27)11-30-7-5-19(28)29/h3-4,8-10,12,14H,1-2,5-7,11H2,(H,28,29)/t14-/m0/s1. The summed E-state index contributed by atoms with van der Waals surface area (Å²) in [6.45, 7) is 1.47. The first-order valence-electron chi connectivity index (χ1n) is 9.65. The Labute approximate surface area is 183 Å². The van der Waals surface area contributed by atoms with Crippen LogP contribution in [0, 0.1) is 0 Å². The average Bonchev–Trinajstić information content (AvgIpc) is 3.22. The number of hydrogen-bond donors (Lipinski definition) is 1. The normalized spacial score (nSPS) is 16.3. The third kappa shape index (κ3) is 4.33. The molecule has 0 unspecified atom stereocenters. The Kier molecular flexibility index (Phi) is 6.32. The first kappa shape index (κ1) is 20.8. The first-order chi connectivity index (χ1) is 14.5. The second kappa shape index (κ2) is 9.12. The van der Waals surface area contributed by atoms with Gasteiger partial charge in [-0.2, -0.15) is 0 Å². The zero-order chi connectivity index (χ0) is 21.1. The molecule has 1 aliphatic heterocycles. The van der Waals surface area contributed by atoms with Gasteiger partial charge in [0.05, 0.1) is 41.2 Å². The lowest BCUT2D eigenvalue weighted by atomic mass is 10.0. The molecule has 1 N–H and O–H groups in total. The van der Waals surface area contributed by atoms with E-state index in [9.17, 15) is 4.79 Å². The van der Waals surface area contributed by atoms with Crippen molar-refractivity contribution in [3.63, 3.8) is 0 Å². The molecular formula is C21H20Cl2N4O3. The number of halogens is 2. The van der Waals surface area contributed by atoms with E-state index in [1.807, 2.05) is 12.1 Å². The van der Waals surface area contributed by atoms with Crippen LogP contribution in [0.2, 0.25) is 10.0 Å². The predicted molar refractivity (Wildman–Crippen MR) is 116 cm³/mol. The summed E-state index contributed by atoms with van der Waals surface area (Å²) < 4.78 is 5.61. The maximum atomic E-state index is 10.7. The van der Waals surface area contributed by atoms with E-state index in [1.54, 1.807) is 18.5 Å². The molecule has 2 aromatic heterocycles. The van der Waals surface area contributed by atoms with Crippen molar-refractivity contribution >= 4 is 45.9 Å². The molecule has 1 fully saturated rings. The van der Waals surface area contributed by atoms with Gasteiger partial charge in [0, 0.05) is 29.9 Å². The highest BCUT2D eigenvalue weighted by Gasteiger charge is 2.27. The van der Waals surface area contributed by atoms with Crippen LogP contribution >= 0.6 is 23.2 Å². The quantitative estimate of drug-likeness (QED) is 0.535. The molecule has 0 amide bonds. The molecule has 4 rings (SSSR count). The minimum Gasteiger partial charge on any atom is -0.481 e. The van der Waals surface area contributed by atoms with Gasteiger partial charge in [-0.3, -0.25) is 4.79 Å². The first-order valence-corrected chi connectivity index (χ1v) is 10.4. The summed E-state index contributed by atoms with van der Waals surface area (Å²) in [5.41, 5.74) is 2.41. The number of carboxylic acid groups (broad SMARTS) is 1. The Bertz CT molecular complexity index is 1070. The van der Waals surface area contributed by atoms with Crippen LogP contribution in [0.3, 0.4) is 0 Å². The van der Waals surface area contributed by atoms with E-state index in [0.29, 0.717) is 22.2 Å². The van der Waals surface area contributed by atoms with Crippen LogP contribution in [0.5, 0.6) is 0 Å². The molecule has 156 valence electrons. The molecule has 30 heavy (non-hydrogen) atoms. The Morgan fingerprint density at radius 2 is 2.07 bits per heavy atom. The minimum atomic E-state index is -0.865. The number of ether oxygens (including phenoxy) is 1. The van der Waals surface area contributed by atoms with E-state index < -0.39 is 5.97 Å². The van der Waals surface area contributed by atoms with Crippen molar-refractivity contribution in [1.82, 2.24) is 15.0 Å². The molecule has 1 saturated heterocycles. The fourth-order valence-electron chi connectivity index (χ4n) is 3.73. The Morgan fingerprint density at radius 3 is 2.83 bits per heavy atom.